The molecule has 2 aromatic rings. The Hall–Kier alpha value is -2.40. The van der Waals surface area contributed by atoms with E-state index in [4.69, 9.17) is 4.74 Å². The highest BCUT2D eigenvalue weighted by Crippen LogP contribution is 2.39. The number of rotatable bonds is 5. The van der Waals surface area contributed by atoms with Crippen molar-refractivity contribution in [3.8, 4) is 17.7 Å². The SMILES string of the molecule is CCCC1(c2cccc(OC)c2)CCN(C#CCc2ccccc2)C1. The molecule has 2 heteroatoms. The first-order valence-corrected chi connectivity index (χ1v) is 9.18. The third kappa shape index (κ3) is 4.17. The van der Waals surface area contributed by atoms with E-state index < -0.39 is 0 Å². The number of nitrogens with zero attached hydrogens (tertiary/aromatic N) is 1. The van der Waals surface area contributed by atoms with Gasteiger partial charge in [-0.3, -0.25) is 0 Å². The molecule has 0 radical (unpaired) electrons. The van der Waals surface area contributed by atoms with Gasteiger partial charge in [0.05, 0.1) is 7.11 Å². The average Bonchev–Trinajstić information content (AvgIpc) is 3.07. The lowest BCUT2D eigenvalue weighted by molar-refractivity contribution is 0.378. The molecule has 0 amide bonds. The van der Waals surface area contributed by atoms with Crippen LogP contribution < -0.4 is 4.74 Å². The van der Waals surface area contributed by atoms with Crippen LogP contribution in [0.3, 0.4) is 0 Å². The van der Waals surface area contributed by atoms with Crippen molar-refractivity contribution < 1.29 is 4.74 Å². The molecule has 0 aliphatic carbocycles. The lowest BCUT2D eigenvalue weighted by atomic mass is 9.76. The minimum Gasteiger partial charge on any atom is -0.497 e. The van der Waals surface area contributed by atoms with Gasteiger partial charge in [-0.05, 0) is 36.1 Å². The van der Waals surface area contributed by atoms with E-state index in [-0.39, 0.29) is 5.41 Å². The maximum absolute atomic E-state index is 5.44. The van der Waals surface area contributed by atoms with Crippen LogP contribution in [-0.2, 0) is 11.8 Å². The smallest absolute Gasteiger partial charge is 0.119 e. The number of hydrogen-bond donors (Lipinski definition) is 0. The second-order valence-electron chi connectivity index (χ2n) is 6.88. The zero-order valence-electron chi connectivity index (χ0n) is 15.3. The zero-order valence-corrected chi connectivity index (χ0v) is 15.3. The summed E-state index contributed by atoms with van der Waals surface area (Å²) in [6.07, 6.45) is 4.35. The fourth-order valence-corrected chi connectivity index (χ4v) is 3.83. The van der Waals surface area contributed by atoms with Crippen LogP contribution >= 0.6 is 0 Å². The van der Waals surface area contributed by atoms with Crippen LogP contribution in [0.15, 0.2) is 54.6 Å². The number of hydrogen-bond acceptors (Lipinski definition) is 2. The summed E-state index contributed by atoms with van der Waals surface area (Å²) < 4.78 is 5.44. The van der Waals surface area contributed by atoms with Crippen LogP contribution in [-0.4, -0.2) is 25.1 Å². The topological polar surface area (TPSA) is 12.5 Å². The van der Waals surface area contributed by atoms with Gasteiger partial charge < -0.3 is 9.64 Å². The number of benzene rings is 2. The number of methoxy groups -OCH3 is 1. The summed E-state index contributed by atoms with van der Waals surface area (Å²) >= 11 is 0. The summed E-state index contributed by atoms with van der Waals surface area (Å²) in [5.41, 5.74) is 2.87. The summed E-state index contributed by atoms with van der Waals surface area (Å²) in [6.45, 7) is 4.32. The van der Waals surface area contributed by atoms with Crippen molar-refractivity contribution >= 4 is 0 Å². The van der Waals surface area contributed by atoms with E-state index in [1.54, 1.807) is 7.11 Å². The lowest BCUT2D eigenvalue weighted by Gasteiger charge is -2.29. The summed E-state index contributed by atoms with van der Waals surface area (Å²) in [5.74, 6) is 4.29. The van der Waals surface area contributed by atoms with Crippen LogP contribution in [0.25, 0.3) is 0 Å². The van der Waals surface area contributed by atoms with Crippen molar-refractivity contribution in [3.63, 3.8) is 0 Å². The normalized spacial score (nSPS) is 19.4. The van der Waals surface area contributed by atoms with Gasteiger partial charge >= 0.3 is 0 Å². The Morgan fingerprint density at radius 1 is 1.12 bits per heavy atom. The highest BCUT2D eigenvalue weighted by atomic mass is 16.5. The van der Waals surface area contributed by atoms with Crippen LogP contribution in [0, 0.1) is 12.0 Å². The second-order valence-corrected chi connectivity index (χ2v) is 6.88. The molecule has 1 saturated heterocycles. The van der Waals surface area contributed by atoms with E-state index in [1.165, 1.54) is 24.0 Å². The molecule has 1 atom stereocenters. The molecule has 0 aromatic heterocycles. The molecule has 1 unspecified atom stereocenters. The Kier molecular flexibility index (Phi) is 5.66. The first-order chi connectivity index (χ1) is 12.3. The molecule has 2 aromatic carbocycles. The van der Waals surface area contributed by atoms with Gasteiger partial charge in [0.25, 0.3) is 0 Å². The number of ether oxygens (including phenoxy) is 1. The van der Waals surface area contributed by atoms with Gasteiger partial charge in [-0.2, -0.15) is 0 Å². The van der Waals surface area contributed by atoms with Gasteiger partial charge in [0.15, 0.2) is 0 Å². The second kappa shape index (κ2) is 8.12. The minimum atomic E-state index is 0.199. The predicted molar refractivity (Wildman–Crippen MR) is 104 cm³/mol. The van der Waals surface area contributed by atoms with Crippen LogP contribution in [0.4, 0.5) is 0 Å². The Bertz CT molecular complexity index is 743. The minimum absolute atomic E-state index is 0.199. The third-order valence-electron chi connectivity index (χ3n) is 5.14. The molecule has 1 fully saturated rings. The van der Waals surface area contributed by atoms with Gasteiger partial charge in [0.1, 0.15) is 5.75 Å². The molecule has 25 heavy (non-hydrogen) atoms. The van der Waals surface area contributed by atoms with Gasteiger partial charge in [0.2, 0.25) is 0 Å². The monoisotopic (exact) mass is 333 g/mol. The summed E-state index contributed by atoms with van der Waals surface area (Å²) in [6, 6.07) is 22.4. The van der Waals surface area contributed by atoms with Gasteiger partial charge in [-0.15, -0.1) is 0 Å². The number of likely N-dealkylation sites (tertiary alicyclic amines) is 1. The summed E-state index contributed by atoms with van der Waals surface area (Å²) in [7, 11) is 1.74. The Labute approximate surface area is 151 Å². The Morgan fingerprint density at radius 2 is 1.96 bits per heavy atom. The maximum Gasteiger partial charge on any atom is 0.119 e. The molecule has 1 heterocycles. The molecule has 1 aliphatic heterocycles. The van der Waals surface area contributed by atoms with Crippen molar-refractivity contribution in [2.24, 2.45) is 0 Å². The molecule has 2 nitrogen and oxygen atoms in total. The summed E-state index contributed by atoms with van der Waals surface area (Å²) in [4.78, 5) is 2.30. The highest BCUT2D eigenvalue weighted by Gasteiger charge is 2.38. The molecule has 1 aliphatic rings. The lowest BCUT2D eigenvalue weighted by Crippen LogP contribution is -2.29. The van der Waals surface area contributed by atoms with Crippen LogP contribution in [0.1, 0.15) is 37.3 Å². The Balaban J connectivity index is 1.73. The standard InChI is InChI=1S/C23H27NO/c1-3-14-23(21-12-7-13-22(18-21)25-2)15-17-24(19-23)16-8-11-20-9-5-4-6-10-20/h4-7,9-10,12-13,18H,3,11,14-15,17,19H2,1-2H3. The first kappa shape index (κ1) is 17.4. The van der Waals surface area contributed by atoms with Gasteiger partial charge in [0, 0.05) is 31.0 Å². The Morgan fingerprint density at radius 3 is 2.72 bits per heavy atom. The molecular weight excluding hydrogens is 306 g/mol. The molecule has 3 rings (SSSR count). The van der Waals surface area contributed by atoms with Crippen LogP contribution in [0.2, 0.25) is 0 Å². The fraction of sp³-hybridized carbons (Fsp3) is 0.391. The average molecular weight is 333 g/mol. The van der Waals surface area contributed by atoms with Gasteiger partial charge in [-0.1, -0.05) is 61.7 Å². The van der Waals surface area contributed by atoms with Crippen molar-refractivity contribution in [1.29, 1.82) is 0 Å². The van der Waals surface area contributed by atoms with Gasteiger partial charge in [-0.25, -0.2) is 0 Å². The maximum atomic E-state index is 5.44. The quantitative estimate of drug-likeness (QED) is 0.739. The van der Waals surface area contributed by atoms with E-state index in [2.05, 4.69) is 66.3 Å². The van der Waals surface area contributed by atoms with Crippen molar-refractivity contribution in [3.05, 3.63) is 65.7 Å². The van der Waals surface area contributed by atoms with E-state index in [0.29, 0.717) is 0 Å². The molecule has 0 spiro atoms. The highest BCUT2D eigenvalue weighted by molar-refractivity contribution is 5.36. The third-order valence-corrected chi connectivity index (χ3v) is 5.14. The van der Waals surface area contributed by atoms with Crippen molar-refractivity contribution in [2.45, 2.75) is 38.0 Å². The zero-order chi connectivity index (χ0) is 17.5. The summed E-state index contributed by atoms with van der Waals surface area (Å²) in [5, 5.41) is 0. The van der Waals surface area contributed by atoms with E-state index in [0.717, 1.165) is 31.7 Å². The van der Waals surface area contributed by atoms with Crippen LogP contribution in [0.5, 0.6) is 5.75 Å². The predicted octanol–water partition coefficient (Wildman–Crippen LogP) is 4.64. The van der Waals surface area contributed by atoms with E-state index in [9.17, 15) is 0 Å². The molecule has 130 valence electrons. The molecular formula is C23H27NO. The van der Waals surface area contributed by atoms with Crippen molar-refractivity contribution in [1.82, 2.24) is 4.90 Å². The fourth-order valence-electron chi connectivity index (χ4n) is 3.83. The molecule has 0 saturated carbocycles. The van der Waals surface area contributed by atoms with Crippen molar-refractivity contribution in [2.75, 3.05) is 20.2 Å². The van der Waals surface area contributed by atoms with E-state index in [1.807, 2.05) is 12.1 Å². The molecule has 0 bridgehead atoms. The molecule has 0 N–H and O–H groups in total. The van der Waals surface area contributed by atoms with E-state index >= 15 is 0 Å². The largest absolute Gasteiger partial charge is 0.497 e. The first-order valence-electron chi connectivity index (χ1n) is 9.18.